The summed E-state index contributed by atoms with van der Waals surface area (Å²) >= 11 is 0. The van der Waals surface area contributed by atoms with Gasteiger partial charge >= 0.3 is 5.97 Å². The first kappa shape index (κ1) is 13.3. The smallest absolute Gasteiger partial charge is 0.332 e. The zero-order valence-electron chi connectivity index (χ0n) is 10.1. The average Bonchev–Trinajstić information content (AvgIpc) is 2.30. The van der Waals surface area contributed by atoms with Crippen LogP contribution in [0.3, 0.4) is 0 Å². The number of methoxy groups -OCH3 is 1. The summed E-state index contributed by atoms with van der Waals surface area (Å²) in [6, 6.07) is 9.58. The highest BCUT2D eigenvalue weighted by atomic mass is 16.6. The molecule has 1 aromatic rings. The molecule has 0 saturated heterocycles. The summed E-state index contributed by atoms with van der Waals surface area (Å²) in [5.41, 5.74) is 6.76. The minimum Gasteiger partial charge on any atom is -0.459 e. The number of ether oxygens (including phenoxy) is 2. The van der Waals surface area contributed by atoms with Crippen molar-refractivity contribution < 1.29 is 14.3 Å². The van der Waals surface area contributed by atoms with Gasteiger partial charge in [-0.3, -0.25) is 0 Å². The van der Waals surface area contributed by atoms with Crippen LogP contribution in [-0.2, 0) is 14.3 Å². The van der Waals surface area contributed by atoms with Gasteiger partial charge in [0.25, 0.3) is 0 Å². The molecule has 0 bridgehead atoms. The number of esters is 1. The molecule has 1 atom stereocenters. The minimum atomic E-state index is -0.456. The van der Waals surface area contributed by atoms with Crippen LogP contribution in [-0.4, -0.2) is 19.7 Å². The van der Waals surface area contributed by atoms with Crippen molar-refractivity contribution >= 4 is 5.97 Å². The van der Waals surface area contributed by atoms with Crippen LogP contribution in [0.15, 0.2) is 42.1 Å². The van der Waals surface area contributed by atoms with E-state index in [1.165, 1.54) is 6.08 Å². The van der Waals surface area contributed by atoms with Gasteiger partial charge in [0, 0.05) is 18.9 Å². The fourth-order valence-corrected chi connectivity index (χ4v) is 1.35. The van der Waals surface area contributed by atoms with Crippen LogP contribution in [0.2, 0.25) is 0 Å². The SMILES string of the molecule is COC(COC(=O)/C=C(/C)N)c1ccccc1. The van der Waals surface area contributed by atoms with Crippen LogP contribution < -0.4 is 5.73 Å². The molecular weight excluding hydrogens is 218 g/mol. The third kappa shape index (κ3) is 4.70. The van der Waals surface area contributed by atoms with Gasteiger partial charge in [0.05, 0.1) is 0 Å². The summed E-state index contributed by atoms with van der Waals surface area (Å²) in [5.74, 6) is -0.456. The van der Waals surface area contributed by atoms with Crippen molar-refractivity contribution in [3.05, 3.63) is 47.7 Å². The summed E-state index contributed by atoms with van der Waals surface area (Å²) in [7, 11) is 1.58. The lowest BCUT2D eigenvalue weighted by Crippen LogP contribution is -2.13. The third-order valence-corrected chi connectivity index (χ3v) is 2.18. The molecule has 4 nitrogen and oxygen atoms in total. The lowest BCUT2D eigenvalue weighted by Gasteiger charge is -2.15. The summed E-state index contributed by atoms with van der Waals surface area (Å²) in [5, 5.41) is 0. The van der Waals surface area contributed by atoms with Gasteiger partial charge < -0.3 is 15.2 Å². The van der Waals surface area contributed by atoms with Crippen molar-refractivity contribution in [2.45, 2.75) is 13.0 Å². The van der Waals surface area contributed by atoms with Crippen molar-refractivity contribution in [1.82, 2.24) is 0 Å². The molecule has 17 heavy (non-hydrogen) atoms. The molecule has 1 unspecified atom stereocenters. The molecule has 0 aliphatic carbocycles. The Kier molecular flexibility index (Phi) is 5.23. The quantitative estimate of drug-likeness (QED) is 0.624. The van der Waals surface area contributed by atoms with E-state index in [9.17, 15) is 4.79 Å². The summed E-state index contributed by atoms with van der Waals surface area (Å²) in [4.78, 5) is 11.3. The Balaban J connectivity index is 2.55. The van der Waals surface area contributed by atoms with Gasteiger partial charge in [-0.15, -0.1) is 0 Å². The molecule has 0 aliphatic heterocycles. The predicted octanol–water partition coefficient (Wildman–Crippen LogP) is 1.78. The standard InChI is InChI=1S/C13H17NO3/c1-10(14)8-13(15)17-9-12(16-2)11-6-4-3-5-7-11/h3-8,12H,9,14H2,1-2H3/b10-8-. The number of allylic oxidation sites excluding steroid dienone is 1. The van der Waals surface area contributed by atoms with Gasteiger partial charge in [0.2, 0.25) is 0 Å². The van der Waals surface area contributed by atoms with Crippen LogP contribution in [0.4, 0.5) is 0 Å². The van der Waals surface area contributed by atoms with Crippen LogP contribution in [0, 0.1) is 0 Å². The Hall–Kier alpha value is -1.81. The fraction of sp³-hybridized carbons (Fsp3) is 0.308. The molecule has 0 aromatic heterocycles. The highest BCUT2D eigenvalue weighted by Crippen LogP contribution is 2.16. The topological polar surface area (TPSA) is 61.5 Å². The maximum atomic E-state index is 11.3. The van der Waals surface area contributed by atoms with Crippen molar-refractivity contribution in [3.63, 3.8) is 0 Å². The maximum absolute atomic E-state index is 11.3. The third-order valence-electron chi connectivity index (χ3n) is 2.18. The lowest BCUT2D eigenvalue weighted by molar-refractivity contribution is -0.141. The number of carbonyl (C=O) groups is 1. The lowest BCUT2D eigenvalue weighted by atomic mass is 10.1. The number of hydrogen-bond acceptors (Lipinski definition) is 4. The zero-order valence-corrected chi connectivity index (χ0v) is 10.1. The van der Waals surface area contributed by atoms with Gasteiger partial charge in [-0.1, -0.05) is 30.3 Å². The number of nitrogens with two attached hydrogens (primary N) is 1. The first-order valence-corrected chi connectivity index (χ1v) is 5.31. The van der Waals surface area contributed by atoms with E-state index in [4.69, 9.17) is 15.2 Å². The molecule has 1 aromatic carbocycles. The van der Waals surface area contributed by atoms with E-state index in [-0.39, 0.29) is 12.7 Å². The van der Waals surface area contributed by atoms with Crippen molar-refractivity contribution in [1.29, 1.82) is 0 Å². The minimum absolute atomic E-state index is 0.170. The van der Waals surface area contributed by atoms with Crippen molar-refractivity contribution in [2.75, 3.05) is 13.7 Å². The molecule has 92 valence electrons. The molecule has 0 amide bonds. The Morgan fingerprint density at radius 2 is 2.06 bits per heavy atom. The first-order chi connectivity index (χ1) is 8.13. The molecule has 0 saturated carbocycles. The van der Waals surface area contributed by atoms with Crippen LogP contribution in [0.1, 0.15) is 18.6 Å². The van der Waals surface area contributed by atoms with E-state index in [0.717, 1.165) is 5.56 Å². The number of hydrogen-bond donors (Lipinski definition) is 1. The molecule has 0 heterocycles. The molecule has 0 fully saturated rings. The Morgan fingerprint density at radius 3 is 2.59 bits per heavy atom. The molecule has 4 heteroatoms. The van der Waals surface area contributed by atoms with Gasteiger partial charge in [0.1, 0.15) is 12.7 Å². The average molecular weight is 235 g/mol. The predicted molar refractivity (Wildman–Crippen MR) is 65.1 cm³/mol. The normalized spacial score (nSPS) is 13.2. The fourth-order valence-electron chi connectivity index (χ4n) is 1.35. The van der Waals surface area contributed by atoms with E-state index in [1.807, 2.05) is 30.3 Å². The van der Waals surface area contributed by atoms with Crippen LogP contribution >= 0.6 is 0 Å². The molecule has 0 aliphatic rings. The van der Waals surface area contributed by atoms with Gasteiger partial charge in [-0.25, -0.2) is 4.79 Å². The molecule has 2 N–H and O–H groups in total. The second-order valence-electron chi connectivity index (χ2n) is 3.65. The number of rotatable bonds is 5. The largest absolute Gasteiger partial charge is 0.459 e. The van der Waals surface area contributed by atoms with Crippen molar-refractivity contribution in [2.24, 2.45) is 5.73 Å². The zero-order chi connectivity index (χ0) is 12.7. The summed E-state index contributed by atoms with van der Waals surface area (Å²) in [6.07, 6.45) is 0.990. The van der Waals surface area contributed by atoms with E-state index in [0.29, 0.717) is 5.70 Å². The Morgan fingerprint density at radius 1 is 1.41 bits per heavy atom. The van der Waals surface area contributed by atoms with E-state index in [1.54, 1.807) is 14.0 Å². The molecule has 0 radical (unpaired) electrons. The summed E-state index contributed by atoms with van der Waals surface area (Å²) < 4.78 is 10.3. The van der Waals surface area contributed by atoms with Crippen LogP contribution in [0.25, 0.3) is 0 Å². The van der Waals surface area contributed by atoms with Crippen LogP contribution in [0.5, 0.6) is 0 Å². The Labute approximate surface area is 101 Å². The highest BCUT2D eigenvalue weighted by molar-refractivity contribution is 5.82. The highest BCUT2D eigenvalue weighted by Gasteiger charge is 2.12. The second-order valence-corrected chi connectivity index (χ2v) is 3.65. The second kappa shape index (κ2) is 6.70. The number of benzene rings is 1. The molecule has 1 rings (SSSR count). The monoisotopic (exact) mass is 235 g/mol. The maximum Gasteiger partial charge on any atom is 0.332 e. The van der Waals surface area contributed by atoms with Gasteiger partial charge in [-0.05, 0) is 12.5 Å². The van der Waals surface area contributed by atoms with E-state index < -0.39 is 5.97 Å². The number of carbonyl (C=O) groups excluding carboxylic acids is 1. The molecule has 0 spiro atoms. The van der Waals surface area contributed by atoms with Gasteiger partial charge in [-0.2, -0.15) is 0 Å². The van der Waals surface area contributed by atoms with E-state index in [2.05, 4.69) is 0 Å². The summed E-state index contributed by atoms with van der Waals surface area (Å²) in [6.45, 7) is 1.80. The Bertz CT molecular complexity index is 383. The molecular formula is C13H17NO3. The van der Waals surface area contributed by atoms with Crippen molar-refractivity contribution in [3.8, 4) is 0 Å². The van der Waals surface area contributed by atoms with Gasteiger partial charge in [0.15, 0.2) is 0 Å². The van der Waals surface area contributed by atoms with E-state index >= 15 is 0 Å². The first-order valence-electron chi connectivity index (χ1n) is 5.31.